The molecule has 1 saturated carbocycles. The summed E-state index contributed by atoms with van der Waals surface area (Å²) >= 11 is 0. The number of aromatic nitrogens is 2. The molecule has 0 spiro atoms. The number of benzene rings is 1. The van der Waals surface area contributed by atoms with Crippen LogP contribution in [0.4, 0.5) is 0 Å². The summed E-state index contributed by atoms with van der Waals surface area (Å²) in [6.07, 6.45) is 9.80. The lowest BCUT2D eigenvalue weighted by Gasteiger charge is -2.31. The molecule has 1 heterocycles. The zero-order valence-corrected chi connectivity index (χ0v) is 17.8. The molecule has 0 atom stereocenters. The van der Waals surface area contributed by atoms with Gasteiger partial charge in [-0.3, -0.25) is 9.59 Å². The van der Waals surface area contributed by atoms with Crippen LogP contribution in [-0.2, 0) is 22.6 Å². The van der Waals surface area contributed by atoms with Gasteiger partial charge in [-0.25, -0.2) is 4.98 Å². The van der Waals surface area contributed by atoms with Crippen molar-refractivity contribution in [1.82, 2.24) is 19.8 Å². The number of para-hydroxylation sites is 2. The predicted molar refractivity (Wildman–Crippen MR) is 116 cm³/mol. The summed E-state index contributed by atoms with van der Waals surface area (Å²) in [7, 11) is 1.96. The number of hydrogen-bond acceptors (Lipinski definition) is 3. The Hall–Kier alpha value is -2.37. The molecule has 29 heavy (non-hydrogen) atoms. The number of carbonyl (C=O) groups is 2. The van der Waals surface area contributed by atoms with E-state index in [4.69, 9.17) is 4.98 Å². The molecule has 3 rings (SSSR count). The van der Waals surface area contributed by atoms with Gasteiger partial charge in [-0.15, -0.1) is 0 Å². The number of nitrogens with zero attached hydrogens (tertiary/aromatic N) is 3. The van der Waals surface area contributed by atoms with Gasteiger partial charge in [0.05, 0.1) is 11.0 Å². The van der Waals surface area contributed by atoms with Crippen LogP contribution in [0.3, 0.4) is 0 Å². The van der Waals surface area contributed by atoms with Gasteiger partial charge in [0.2, 0.25) is 11.8 Å². The van der Waals surface area contributed by atoms with Gasteiger partial charge in [0, 0.05) is 33.0 Å². The molecule has 1 aliphatic rings. The molecule has 0 bridgehead atoms. The summed E-state index contributed by atoms with van der Waals surface area (Å²) < 4.78 is 2.10. The van der Waals surface area contributed by atoms with Crippen LogP contribution in [0.25, 0.3) is 11.0 Å². The summed E-state index contributed by atoms with van der Waals surface area (Å²) in [5.41, 5.74) is 1.99. The van der Waals surface area contributed by atoms with E-state index in [1.807, 2.05) is 30.1 Å². The zero-order chi connectivity index (χ0) is 20.6. The van der Waals surface area contributed by atoms with Crippen molar-refractivity contribution >= 4 is 22.8 Å². The third kappa shape index (κ3) is 5.81. The van der Waals surface area contributed by atoms with Crippen molar-refractivity contribution in [2.24, 2.45) is 0 Å². The van der Waals surface area contributed by atoms with Gasteiger partial charge < -0.3 is 14.8 Å². The van der Waals surface area contributed by atoms with Crippen molar-refractivity contribution in [2.45, 2.75) is 77.3 Å². The van der Waals surface area contributed by atoms with Gasteiger partial charge in [0.1, 0.15) is 12.4 Å². The van der Waals surface area contributed by atoms with E-state index in [9.17, 15) is 9.59 Å². The maximum atomic E-state index is 13.0. The Kier molecular flexibility index (Phi) is 7.67. The molecule has 0 radical (unpaired) electrons. The standard InChI is InChI=1S/C23H34N4O2/c1-18(28)24-16-10-4-7-15-22-25-20-13-8-9-14-21(20)27(22)17-23(29)26(2)19-11-5-3-6-12-19/h8-9,13-14,19H,3-7,10-12,15-17H2,1-2H3,(H,24,28). The molecule has 1 N–H and O–H groups in total. The predicted octanol–water partition coefficient (Wildman–Crippen LogP) is 3.68. The summed E-state index contributed by atoms with van der Waals surface area (Å²) in [5.74, 6) is 1.18. The van der Waals surface area contributed by atoms with E-state index in [1.165, 1.54) is 19.3 Å². The van der Waals surface area contributed by atoms with E-state index >= 15 is 0 Å². The van der Waals surface area contributed by atoms with Gasteiger partial charge >= 0.3 is 0 Å². The molecule has 1 aromatic heterocycles. The first kappa shape index (κ1) is 21.3. The molecule has 6 nitrogen and oxygen atoms in total. The Morgan fingerprint density at radius 2 is 1.90 bits per heavy atom. The minimum atomic E-state index is 0.0207. The lowest BCUT2D eigenvalue weighted by molar-refractivity contribution is -0.133. The fourth-order valence-corrected chi connectivity index (χ4v) is 4.26. The highest BCUT2D eigenvalue weighted by Crippen LogP contribution is 2.23. The monoisotopic (exact) mass is 398 g/mol. The highest BCUT2D eigenvalue weighted by atomic mass is 16.2. The van der Waals surface area contributed by atoms with Crippen molar-refractivity contribution < 1.29 is 9.59 Å². The number of carbonyl (C=O) groups excluding carboxylic acids is 2. The number of fused-ring (bicyclic) bond motifs is 1. The Balaban J connectivity index is 1.64. The SMILES string of the molecule is CC(=O)NCCCCCc1nc2ccccc2n1CC(=O)N(C)C1CCCCC1. The number of rotatable bonds is 9. The summed E-state index contributed by atoms with van der Waals surface area (Å²) in [6.45, 7) is 2.62. The number of nitrogens with one attached hydrogen (secondary N) is 1. The zero-order valence-electron chi connectivity index (χ0n) is 17.8. The second kappa shape index (κ2) is 10.4. The molecule has 2 aromatic rings. The molecule has 2 amide bonds. The van der Waals surface area contributed by atoms with E-state index in [0.717, 1.165) is 61.9 Å². The van der Waals surface area contributed by atoms with Crippen LogP contribution in [0.2, 0.25) is 0 Å². The van der Waals surface area contributed by atoms with E-state index in [0.29, 0.717) is 12.6 Å². The van der Waals surface area contributed by atoms with E-state index in [1.54, 1.807) is 6.92 Å². The van der Waals surface area contributed by atoms with Crippen molar-refractivity contribution in [3.8, 4) is 0 Å². The quantitative estimate of drug-likeness (QED) is 0.655. The first-order chi connectivity index (χ1) is 14.1. The second-order valence-corrected chi connectivity index (χ2v) is 8.19. The Morgan fingerprint density at radius 1 is 1.14 bits per heavy atom. The summed E-state index contributed by atoms with van der Waals surface area (Å²) in [6, 6.07) is 8.45. The number of hydrogen-bond donors (Lipinski definition) is 1. The van der Waals surface area contributed by atoms with Crippen LogP contribution >= 0.6 is 0 Å². The fraction of sp³-hybridized carbons (Fsp3) is 0.609. The largest absolute Gasteiger partial charge is 0.356 e. The van der Waals surface area contributed by atoms with Gasteiger partial charge in [0.25, 0.3) is 0 Å². The minimum Gasteiger partial charge on any atom is -0.356 e. The number of aryl methyl sites for hydroxylation is 1. The van der Waals surface area contributed by atoms with E-state index in [-0.39, 0.29) is 11.8 Å². The lowest BCUT2D eigenvalue weighted by atomic mass is 9.94. The maximum Gasteiger partial charge on any atom is 0.242 e. The van der Waals surface area contributed by atoms with Crippen LogP contribution in [0.5, 0.6) is 0 Å². The van der Waals surface area contributed by atoms with E-state index < -0.39 is 0 Å². The van der Waals surface area contributed by atoms with Crippen molar-refractivity contribution in [2.75, 3.05) is 13.6 Å². The number of amides is 2. The smallest absolute Gasteiger partial charge is 0.242 e. The highest BCUT2D eigenvalue weighted by molar-refractivity contribution is 5.81. The van der Waals surface area contributed by atoms with Crippen LogP contribution in [0.15, 0.2) is 24.3 Å². The van der Waals surface area contributed by atoms with Crippen LogP contribution in [0, 0.1) is 0 Å². The number of imidazole rings is 1. The fourth-order valence-electron chi connectivity index (χ4n) is 4.26. The Bertz CT molecular complexity index is 823. The van der Waals surface area contributed by atoms with Gasteiger partial charge in [-0.05, 0) is 37.8 Å². The maximum absolute atomic E-state index is 13.0. The van der Waals surface area contributed by atoms with Crippen LogP contribution in [0.1, 0.15) is 64.1 Å². The van der Waals surface area contributed by atoms with Gasteiger partial charge in [-0.1, -0.05) is 37.8 Å². The Labute approximate surface area is 173 Å². The van der Waals surface area contributed by atoms with Gasteiger partial charge in [-0.2, -0.15) is 0 Å². The van der Waals surface area contributed by atoms with Crippen molar-refractivity contribution in [3.63, 3.8) is 0 Å². The van der Waals surface area contributed by atoms with E-state index in [2.05, 4.69) is 16.0 Å². The second-order valence-electron chi connectivity index (χ2n) is 8.19. The van der Waals surface area contributed by atoms with Crippen molar-refractivity contribution in [3.05, 3.63) is 30.1 Å². The first-order valence-electron chi connectivity index (χ1n) is 11.0. The average Bonchev–Trinajstić information content (AvgIpc) is 3.07. The third-order valence-electron chi connectivity index (χ3n) is 5.99. The molecule has 1 fully saturated rings. The molecule has 0 saturated heterocycles. The minimum absolute atomic E-state index is 0.0207. The number of unbranched alkanes of at least 4 members (excludes halogenated alkanes) is 2. The molecule has 0 unspecified atom stereocenters. The highest BCUT2D eigenvalue weighted by Gasteiger charge is 2.23. The molecule has 6 heteroatoms. The molecule has 1 aromatic carbocycles. The van der Waals surface area contributed by atoms with Gasteiger partial charge in [0.15, 0.2) is 0 Å². The Morgan fingerprint density at radius 3 is 2.66 bits per heavy atom. The summed E-state index contributed by atoms with van der Waals surface area (Å²) in [5, 5.41) is 2.84. The third-order valence-corrected chi connectivity index (χ3v) is 5.99. The van der Waals surface area contributed by atoms with Crippen LogP contribution in [-0.4, -0.2) is 45.9 Å². The summed E-state index contributed by atoms with van der Waals surface area (Å²) in [4.78, 5) is 30.7. The topological polar surface area (TPSA) is 67.2 Å². The first-order valence-corrected chi connectivity index (χ1v) is 11.0. The lowest BCUT2D eigenvalue weighted by Crippen LogP contribution is -2.40. The van der Waals surface area contributed by atoms with Crippen LogP contribution < -0.4 is 5.32 Å². The average molecular weight is 399 g/mol. The normalized spacial score (nSPS) is 14.8. The molecular formula is C23H34N4O2. The number of likely N-dealkylation sites (N-methyl/N-ethyl adjacent to an activating group) is 1. The molecule has 158 valence electrons. The molecule has 0 aliphatic heterocycles. The molecular weight excluding hydrogens is 364 g/mol. The molecule has 1 aliphatic carbocycles. The van der Waals surface area contributed by atoms with Crippen molar-refractivity contribution in [1.29, 1.82) is 0 Å².